The third-order valence-corrected chi connectivity index (χ3v) is 5.87. The monoisotopic (exact) mass is 490 g/mol. The van der Waals surface area contributed by atoms with Gasteiger partial charge in [-0.05, 0) is 36.7 Å². The first kappa shape index (κ1) is 27.2. The molecule has 1 aromatic carbocycles. The molecule has 34 heavy (non-hydrogen) atoms. The summed E-state index contributed by atoms with van der Waals surface area (Å²) in [7, 11) is 0. The molecule has 1 aromatic heterocycles. The summed E-state index contributed by atoms with van der Waals surface area (Å²) in [4.78, 5) is 9.18. The number of aliphatic imine (C=N–C) groups is 1. The van der Waals surface area contributed by atoms with Crippen LogP contribution >= 0.6 is 23.1 Å². The molecule has 2 rings (SSSR count). The summed E-state index contributed by atoms with van der Waals surface area (Å²) in [6.07, 6.45) is 21.9. The Kier molecular flexibility index (Phi) is 13.2. The quantitative estimate of drug-likeness (QED) is 0.121. The van der Waals surface area contributed by atoms with Crippen molar-refractivity contribution >= 4 is 34.6 Å². The molecule has 0 fully saturated rings. The highest BCUT2D eigenvalue weighted by atomic mass is 32.2. The van der Waals surface area contributed by atoms with E-state index in [0.29, 0.717) is 0 Å². The van der Waals surface area contributed by atoms with Gasteiger partial charge >= 0.3 is 0 Å². The zero-order valence-electron chi connectivity index (χ0n) is 20.1. The lowest BCUT2D eigenvalue weighted by Gasteiger charge is -2.11. The van der Waals surface area contributed by atoms with E-state index in [4.69, 9.17) is 0 Å². The zero-order valence-corrected chi connectivity index (χ0v) is 21.8. The normalized spacial score (nSPS) is 14.0. The molecule has 1 atom stereocenters. The Morgan fingerprint density at radius 1 is 1.24 bits per heavy atom. The lowest BCUT2D eigenvalue weighted by Crippen LogP contribution is -2.15. The van der Waals surface area contributed by atoms with Gasteiger partial charge in [-0.1, -0.05) is 81.1 Å². The van der Waals surface area contributed by atoms with Gasteiger partial charge in [-0.25, -0.2) is 9.98 Å². The first-order valence-electron chi connectivity index (χ1n) is 11.3. The van der Waals surface area contributed by atoms with Gasteiger partial charge in [-0.15, -0.1) is 23.1 Å². The summed E-state index contributed by atoms with van der Waals surface area (Å²) in [6.45, 7) is 8.11. The second kappa shape index (κ2) is 16.5. The molecule has 0 aliphatic heterocycles. The largest absolute Gasteiger partial charge is 0.349 e. The molecule has 6 heteroatoms. The fourth-order valence-electron chi connectivity index (χ4n) is 2.85. The number of allylic oxidation sites excluding steroid dienone is 7. The molecular formula is C28H34N4S2. The van der Waals surface area contributed by atoms with E-state index in [1.807, 2.05) is 41.9 Å². The third kappa shape index (κ3) is 10.2. The van der Waals surface area contributed by atoms with Crippen molar-refractivity contribution in [2.24, 2.45) is 10.9 Å². The van der Waals surface area contributed by atoms with Gasteiger partial charge in [-0.2, -0.15) is 0 Å². The van der Waals surface area contributed by atoms with E-state index in [9.17, 15) is 0 Å². The first-order valence-corrected chi connectivity index (χ1v) is 13.4. The molecule has 0 spiro atoms. The number of hydrogen-bond acceptors (Lipinski definition) is 5. The van der Waals surface area contributed by atoms with Crippen LogP contribution in [-0.4, -0.2) is 17.6 Å². The van der Waals surface area contributed by atoms with Gasteiger partial charge < -0.3 is 10.6 Å². The summed E-state index contributed by atoms with van der Waals surface area (Å²) < 4.78 is 0. The molecule has 2 N–H and O–H groups in total. The molecule has 0 saturated carbocycles. The number of rotatable bonds is 14. The van der Waals surface area contributed by atoms with Crippen molar-refractivity contribution in [1.29, 1.82) is 0 Å². The Morgan fingerprint density at radius 2 is 2.06 bits per heavy atom. The van der Waals surface area contributed by atoms with Crippen LogP contribution in [0.25, 0.3) is 11.3 Å². The molecule has 0 aliphatic carbocycles. The van der Waals surface area contributed by atoms with Crippen molar-refractivity contribution in [3.05, 3.63) is 108 Å². The Bertz CT molecular complexity index is 1040. The van der Waals surface area contributed by atoms with Crippen molar-refractivity contribution in [3.63, 3.8) is 0 Å². The van der Waals surface area contributed by atoms with Crippen LogP contribution < -0.4 is 10.6 Å². The van der Waals surface area contributed by atoms with E-state index in [-0.39, 0.29) is 5.92 Å². The van der Waals surface area contributed by atoms with Gasteiger partial charge in [0.15, 0.2) is 5.13 Å². The highest BCUT2D eigenvalue weighted by Gasteiger charge is 2.04. The van der Waals surface area contributed by atoms with E-state index < -0.39 is 0 Å². The molecule has 1 heterocycles. The summed E-state index contributed by atoms with van der Waals surface area (Å²) in [5.74, 6) is 0.265. The Hall–Kier alpha value is -3.09. The second-order valence-corrected chi connectivity index (χ2v) is 8.82. The molecule has 2 aromatic rings. The van der Waals surface area contributed by atoms with Crippen LogP contribution in [0, 0.1) is 5.92 Å². The Morgan fingerprint density at radius 3 is 2.79 bits per heavy atom. The van der Waals surface area contributed by atoms with Crippen LogP contribution in [0.1, 0.15) is 26.7 Å². The molecule has 0 bridgehead atoms. The van der Waals surface area contributed by atoms with E-state index in [0.717, 1.165) is 40.6 Å². The van der Waals surface area contributed by atoms with Crippen molar-refractivity contribution in [3.8, 4) is 11.3 Å². The third-order valence-electron chi connectivity index (χ3n) is 4.60. The fraction of sp³-hybridized carbons (Fsp3) is 0.214. The maximum absolute atomic E-state index is 4.63. The molecule has 4 nitrogen and oxygen atoms in total. The lowest BCUT2D eigenvalue weighted by atomic mass is 10.1. The van der Waals surface area contributed by atoms with E-state index in [1.54, 1.807) is 35.5 Å². The SMILES string of the molecule is C=C/C=C(\C=C\Nc1nc(-c2ccccc2)cs1)N=CN/C(=C\SC)C(C)/C=C\C/C=C\CC. The zero-order chi connectivity index (χ0) is 24.4. The van der Waals surface area contributed by atoms with Gasteiger partial charge in [0.2, 0.25) is 0 Å². The van der Waals surface area contributed by atoms with Gasteiger partial charge in [0.1, 0.15) is 0 Å². The summed E-state index contributed by atoms with van der Waals surface area (Å²) in [6, 6.07) is 10.1. The fourth-order valence-corrected chi connectivity index (χ4v) is 4.09. The second-order valence-electron chi connectivity index (χ2n) is 7.25. The summed E-state index contributed by atoms with van der Waals surface area (Å²) in [5, 5.41) is 11.5. The van der Waals surface area contributed by atoms with Crippen molar-refractivity contribution in [1.82, 2.24) is 10.3 Å². The predicted octanol–water partition coefficient (Wildman–Crippen LogP) is 8.18. The highest BCUT2D eigenvalue weighted by molar-refractivity contribution is 8.01. The minimum absolute atomic E-state index is 0.265. The number of hydrogen-bond donors (Lipinski definition) is 2. The van der Waals surface area contributed by atoms with Crippen LogP contribution in [0.3, 0.4) is 0 Å². The molecule has 0 aliphatic rings. The van der Waals surface area contributed by atoms with Gasteiger partial charge in [0.05, 0.1) is 17.7 Å². The van der Waals surface area contributed by atoms with Gasteiger partial charge in [-0.3, -0.25) is 0 Å². The Labute approximate surface area is 212 Å². The van der Waals surface area contributed by atoms with Crippen LogP contribution in [0.4, 0.5) is 5.13 Å². The van der Waals surface area contributed by atoms with Crippen LogP contribution in [0.15, 0.2) is 113 Å². The number of nitrogens with zero attached hydrogens (tertiary/aromatic N) is 2. The molecular weight excluding hydrogens is 456 g/mol. The Balaban J connectivity index is 1.94. The lowest BCUT2D eigenvalue weighted by molar-refractivity contribution is 0.809. The van der Waals surface area contributed by atoms with E-state index >= 15 is 0 Å². The van der Waals surface area contributed by atoms with Crippen LogP contribution in [0.2, 0.25) is 0 Å². The van der Waals surface area contributed by atoms with Gasteiger partial charge in [0.25, 0.3) is 0 Å². The predicted molar refractivity (Wildman–Crippen MR) is 154 cm³/mol. The van der Waals surface area contributed by atoms with Gasteiger partial charge in [0, 0.05) is 28.8 Å². The average Bonchev–Trinajstić information content (AvgIpc) is 3.33. The minimum Gasteiger partial charge on any atom is -0.349 e. The maximum Gasteiger partial charge on any atom is 0.187 e. The molecule has 0 saturated heterocycles. The molecule has 178 valence electrons. The van der Waals surface area contributed by atoms with Crippen LogP contribution in [0.5, 0.6) is 0 Å². The van der Waals surface area contributed by atoms with Crippen LogP contribution in [-0.2, 0) is 0 Å². The molecule has 1 unspecified atom stereocenters. The smallest absolute Gasteiger partial charge is 0.187 e. The highest BCUT2D eigenvalue weighted by Crippen LogP contribution is 2.24. The van der Waals surface area contributed by atoms with E-state index in [1.165, 1.54) is 0 Å². The number of nitrogens with one attached hydrogen (secondary N) is 2. The topological polar surface area (TPSA) is 49.3 Å². The standard InChI is InChI=1S/C28H34N4S2/c1-5-7-8-9-11-15-23(3)26(20-33-4)31-22-30-25(14-6-2)18-19-29-28-32-27(21-34-28)24-16-12-10-13-17-24/h6-8,10-23H,2,5,9H2,1,3-4H3,(H,29,32)(H,30,31)/b8-7-,15-11-,19-18+,25-14+,26-20-. The van der Waals surface area contributed by atoms with E-state index in [2.05, 4.69) is 89.1 Å². The average molecular weight is 491 g/mol. The summed E-state index contributed by atoms with van der Waals surface area (Å²) in [5.41, 5.74) is 3.94. The molecule has 0 amide bonds. The maximum atomic E-state index is 4.63. The summed E-state index contributed by atoms with van der Waals surface area (Å²) >= 11 is 3.24. The number of anilines is 1. The number of aromatic nitrogens is 1. The number of benzene rings is 1. The molecule has 0 radical (unpaired) electrons. The number of thioether (sulfide) groups is 1. The minimum atomic E-state index is 0.265. The van der Waals surface area contributed by atoms with Crippen molar-refractivity contribution < 1.29 is 0 Å². The number of thiazole rings is 1. The van der Waals surface area contributed by atoms with Crippen molar-refractivity contribution in [2.75, 3.05) is 11.6 Å². The van der Waals surface area contributed by atoms with Crippen molar-refractivity contribution in [2.45, 2.75) is 26.7 Å². The first-order chi connectivity index (χ1) is 16.7.